The van der Waals surface area contributed by atoms with Crippen LogP contribution in [0.5, 0.6) is 0 Å². The predicted octanol–water partition coefficient (Wildman–Crippen LogP) is 1.11. The van der Waals surface area contributed by atoms with Crippen molar-refractivity contribution in [1.29, 1.82) is 0 Å². The molecule has 0 aliphatic carbocycles. The van der Waals surface area contributed by atoms with Crippen molar-refractivity contribution in [1.82, 2.24) is 15.3 Å². The highest BCUT2D eigenvalue weighted by Crippen LogP contribution is 2.22. The molecule has 12 heavy (non-hydrogen) atoms. The molecule has 63 valence electrons. The molecule has 0 bridgehead atoms. The third kappa shape index (κ3) is 1.61. The Kier molecular flexibility index (Phi) is 2.32. The average Bonchev–Trinajstić information content (AvgIpc) is 2.21. The van der Waals surface area contributed by atoms with Gasteiger partial charge in [-0.1, -0.05) is 0 Å². The normalized spacial score (nSPS) is 19.3. The summed E-state index contributed by atoms with van der Waals surface area (Å²) in [7, 11) is 0. The van der Waals surface area contributed by atoms with E-state index in [0.717, 1.165) is 25.2 Å². The van der Waals surface area contributed by atoms with Crippen molar-refractivity contribution in [2.24, 2.45) is 0 Å². The van der Waals surface area contributed by atoms with E-state index < -0.39 is 0 Å². The summed E-state index contributed by atoms with van der Waals surface area (Å²) in [6.07, 6.45) is 5.80. The van der Waals surface area contributed by atoms with Crippen molar-refractivity contribution in [2.75, 3.05) is 6.54 Å². The summed E-state index contributed by atoms with van der Waals surface area (Å²) in [6, 6.07) is 1.86. The number of nitrogens with zero attached hydrogens (tertiary/aromatic N) is 2. The summed E-state index contributed by atoms with van der Waals surface area (Å²) in [4.78, 5) is 8.49. The fourth-order valence-electron chi connectivity index (χ4n) is 1.46. The van der Waals surface area contributed by atoms with Crippen LogP contribution in [0.15, 0.2) is 18.5 Å². The lowest BCUT2D eigenvalue weighted by Gasteiger charge is -2.20. The maximum atomic E-state index is 4.24. The van der Waals surface area contributed by atoms with E-state index >= 15 is 0 Å². The summed E-state index contributed by atoms with van der Waals surface area (Å²) < 4.78 is 0. The van der Waals surface area contributed by atoms with Gasteiger partial charge in [-0.2, -0.15) is 0 Å². The lowest BCUT2D eigenvalue weighted by atomic mass is 9.97. The Labute approximate surface area is 72.2 Å². The molecular formula is C9H12N3. The van der Waals surface area contributed by atoms with Gasteiger partial charge in [-0.05, 0) is 25.5 Å². The van der Waals surface area contributed by atoms with Gasteiger partial charge >= 0.3 is 0 Å². The van der Waals surface area contributed by atoms with E-state index in [1.165, 1.54) is 0 Å². The number of hydrogen-bond donors (Lipinski definition) is 1. The maximum absolute atomic E-state index is 4.24. The van der Waals surface area contributed by atoms with Crippen LogP contribution < -0.4 is 5.32 Å². The minimum Gasteiger partial charge on any atom is -0.312 e. The summed E-state index contributed by atoms with van der Waals surface area (Å²) in [6.45, 7) is 3.15. The van der Waals surface area contributed by atoms with Crippen molar-refractivity contribution in [3.63, 3.8) is 0 Å². The molecule has 1 fully saturated rings. The second-order valence-electron chi connectivity index (χ2n) is 2.99. The van der Waals surface area contributed by atoms with Crippen molar-refractivity contribution in [3.05, 3.63) is 30.8 Å². The first-order valence-electron chi connectivity index (χ1n) is 4.29. The van der Waals surface area contributed by atoms with Crippen LogP contribution in [-0.2, 0) is 0 Å². The predicted molar refractivity (Wildman–Crippen MR) is 46.3 cm³/mol. The van der Waals surface area contributed by atoms with Crippen LogP contribution in [0.2, 0.25) is 0 Å². The van der Waals surface area contributed by atoms with Gasteiger partial charge in [0.25, 0.3) is 0 Å². The van der Waals surface area contributed by atoms with Crippen molar-refractivity contribution in [3.8, 4) is 0 Å². The van der Waals surface area contributed by atoms with Crippen LogP contribution in [0.25, 0.3) is 0 Å². The number of hydrogen-bond acceptors (Lipinski definition) is 3. The highest BCUT2D eigenvalue weighted by Gasteiger charge is 2.16. The highest BCUT2D eigenvalue weighted by atomic mass is 14.9. The molecule has 0 aromatic carbocycles. The SMILES string of the molecule is [CH]1CC(c2ncccn2)CCN1. The average molecular weight is 162 g/mol. The van der Waals surface area contributed by atoms with Crippen LogP contribution >= 0.6 is 0 Å². The minimum absolute atomic E-state index is 0.521. The fraction of sp³-hybridized carbons (Fsp3) is 0.444. The lowest BCUT2D eigenvalue weighted by Crippen LogP contribution is -2.23. The van der Waals surface area contributed by atoms with E-state index in [4.69, 9.17) is 0 Å². The fourth-order valence-corrected chi connectivity index (χ4v) is 1.46. The smallest absolute Gasteiger partial charge is 0.131 e. The molecule has 2 rings (SSSR count). The van der Waals surface area contributed by atoms with Gasteiger partial charge in [0.1, 0.15) is 5.82 Å². The van der Waals surface area contributed by atoms with E-state index in [1.807, 2.05) is 18.5 Å². The molecule has 1 aliphatic heterocycles. The Bertz CT molecular complexity index is 229. The molecule has 1 saturated heterocycles. The monoisotopic (exact) mass is 162 g/mol. The topological polar surface area (TPSA) is 37.8 Å². The summed E-state index contributed by atoms with van der Waals surface area (Å²) in [5.41, 5.74) is 0. The van der Waals surface area contributed by atoms with Crippen LogP contribution in [0.4, 0.5) is 0 Å². The first kappa shape index (κ1) is 7.68. The molecule has 2 heterocycles. The molecule has 1 N–H and O–H groups in total. The highest BCUT2D eigenvalue weighted by molar-refractivity contribution is 5.00. The number of piperidine rings is 1. The summed E-state index contributed by atoms with van der Waals surface area (Å²) >= 11 is 0. The molecule has 1 unspecified atom stereocenters. The van der Waals surface area contributed by atoms with E-state index in [1.54, 1.807) is 0 Å². The zero-order valence-electron chi connectivity index (χ0n) is 6.90. The Morgan fingerprint density at radius 1 is 1.33 bits per heavy atom. The Morgan fingerprint density at radius 3 is 2.83 bits per heavy atom. The van der Waals surface area contributed by atoms with Gasteiger partial charge in [-0.15, -0.1) is 0 Å². The van der Waals surface area contributed by atoms with Gasteiger partial charge in [-0.3, -0.25) is 0 Å². The van der Waals surface area contributed by atoms with Crippen molar-refractivity contribution in [2.45, 2.75) is 18.8 Å². The zero-order chi connectivity index (χ0) is 8.23. The zero-order valence-corrected chi connectivity index (χ0v) is 6.90. The molecule has 3 heteroatoms. The van der Waals surface area contributed by atoms with Gasteiger partial charge in [0.05, 0.1) is 0 Å². The third-order valence-electron chi connectivity index (χ3n) is 2.13. The lowest BCUT2D eigenvalue weighted by molar-refractivity contribution is 0.491. The van der Waals surface area contributed by atoms with Gasteiger partial charge in [0, 0.05) is 24.9 Å². The molecule has 0 amide bonds. The van der Waals surface area contributed by atoms with Crippen LogP contribution in [0.3, 0.4) is 0 Å². The second-order valence-corrected chi connectivity index (χ2v) is 2.99. The van der Waals surface area contributed by atoms with E-state index in [0.29, 0.717) is 5.92 Å². The standard InChI is InChI=1S/C9H12N3/c1-4-11-9(12-5-1)8-2-6-10-7-3-8/h1,4-6,8,10H,2-3,7H2. The number of aromatic nitrogens is 2. The Morgan fingerprint density at radius 2 is 2.17 bits per heavy atom. The first-order valence-corrected chi connectivity index (χ1v) is 4.29. The molecule has 1 aromatic heterocycles. The van der Waals surface area contributed by atoms with Crippen molar-refractivity contribution < 1.29 is 0 Å². The minimum atomic E-state index is 0.521. The Balaban J connectivity index is 2.08. The molecule has 1 atom stereocenters. The second kappa shape index (κ2) is 3.63. The number of nitrogens with one attached hydrogen (secondary N) is 1. The van der Waals surface area contributed by atoms with Gasteiger partial charge in [0.15, 0.2) is 0 Å². The van der Waals surface area contributed by atoms with Gasteiger partial charge in [-0.25, -0.2) is 9.97 Å². The molecule has 1 aliphatic rings. The van der Waals surface area contributed by atoms with Crippen molar-refractivity contribution >= 4 is 0 Å². The largest absolute Gasteiger partial charge is 0.312 e. The molecular weight excluding hydrogens is 150 g/mol. The Hall–Kier alpha value is -0.960. The number of rotatable bonds is 1. The summed E-state index contributed by atoms with van der Waals surface area (Å²) in [5, 5.41) is 3.20. The first-order chi connectivity index (χ1) is 5.97. The van der Waals surface area contributed by atoms with E-state index in [2.05, 4.69) is 21.8 Å². The molecule has 3 nitrogen and oxygen atoms in total. The van der Waals surface area contributed by atoms with Crippen LogP contribution in [-0.4, -0.2) is 16.5 Å². The van der Waals surface area contributed by atoms with E-state index in [9.17, 15) is 0 Å². The molecule has 1 radical (unpaired) electrons. The molecule has 0 spiro atoms. The van der Waals surface area contributed by atoms with Crippen LogP contribution in [0, 0.1) is 6.54 Å². The summed E-state index contributed by atoms with van der Waals surface area (Å²) in [5.74, 6) is 1.50. The maximum Gasteiger partial charge on any atom is 0.131 e. The van der Waals surface area contributed by atoms with Gasteiger partial charge < -0.3 is 5.32 Å². The molecule has 0 saturated carbocycles. The van der Waals surface area contributed by atoms with E-state index in [-0.39, 0.29) is 0 Å². The third-order valence-corrected chi connectivity index (χ3v) is 2.13. The van der Waals surface area contributed by atoms with Crippen LogP contribution in [0.1, 0.15) is 24.6 Å². The van der Waals surface area contributed by atoms with Gasteiger partial charge in [0.2, 0.25) is 0 Å². The molecule has 1 aromatic rings. The quantitative estimate of drug-likeness (QED) is 0.672.